The zero-order valence-corrected chi connectivity index (χ0v) is 42.1. The first-order valence-electron chi connectivity index (χ1n) is 24.5. The SMILES string of the molecule is CCCCC[C@@H](O)C=C[C@@H]1[C@H](O)[C@H](O)[C@H]2COP(=O)(O)OP(=O)(O)OC[C@@H](COC(=O)CCCCCCCCCCCCC(C)C)OC(=O)C/C=C\C[C@@H]([C@H](n3ccc(N)nc3=O)O2)[C@@H](O)C[C@H]1O. The van der Waals surface area contributed by atoms with Crippen LogP contribution in [0.4, 0.5) is 5.82 Å². The lowest BCUT2D eigenvalue weighted by molar-refractivity contribution is -0.194. The summed E-state index contributed by atoms with van der Waals surface area (Å²) in [6, 6.07) is 1.22. The number of hydrogen-bond donors (Lipinski definition) is 8. The number of ether oxygens (including phenoxy) is 3. The summed E-state index contributed by atoms with van der Waals surface area (Å²) in [5.41, 5.74) is 4.73. The number of allylic oxidation sites excluding steroid dienone is 1. The monoisotopic (exact) mass is 1020 g/mol. The second kappa shape index (κ2) is 31.5. The van der Waals surface area contributed by atoms with Crippen LogP contribution in [-0.2, 0) is 46.3 Å². The van der Waals surface area contributed by atoms with Gasteiger partial charge in [0.05, 0.1) is 44.1 Å². The van der Waals surface area contributed by atoms with Crippen molar-refractivity contribution in [1.82, 2.24) is 9.55 Å². The van der Waals surface area contributed by atoms with Crippen molar-refractivity contribution in [3.8, 4) is 0 Å². The molecule has 1 aromatic rings. The summed E-state index contributed by atoms with van der Waals surface area (Å²) in [5.74, 6) is -3.68. The van der Waals surface area contributed by atoms with Gasteiger partial charge in [0.15, 0.2) is 6.10 Å². The minimum absolute atomic E-state index is 0.0619. The van der Waals surface area contributed by atoms with Crippen molar-refractivity contribution in [3.63, 3.8) is 0 Å². The fraction of sp³-hybridized carbons (Fsp3) is 0.783. The van der Waals surface area contributed by atoms with Crippen LogP contribution in [0.3, 0.4) is 0 Å². The number of aromatic nitrogens is 2. The van der Waals surface area contributed by atoms with E-state index in [1.165, 1.54) is 68.9 Å². The molecule has 396 valence electrons. The zero-order chi connectivity index (χ0) is 51.0. The van der Waals surface area contributed by atoms with Gasteiger partial charge in [-0.3, -0.25) is 23.2 Å². The number of hydrogen-bond acceptors (Lipinski definition) is 18. The van der Waals surface area contributed by atoms with E-state index in [1.807, 2.05) is 6.92 Å². The minimum atomic E-state index is -5.69. The summed E-state index contributed by atoms with van der Waals surface area (Å²) in [6.45, 7) is 3.70. The van der Waals surface area contributed by atoms with Gasteiger partial charge in [-0.1, -0.05) is 129 Å². The first-order valence-corrected chi connectivity index (χ1v) is 27.5. The minimum Gasteiger partial charge on any atom is -0.462 e. The number of unbranched alkanes of at least 4 members (excludes halogenated alkanes) is 11. The summed E-state index contributed by atoms with van der Waals surface area (Å²) >= 11 is 0. The molecule has 1 fully saturated rings. The number of nitrogens with two attached hydrogens (primary N) is 1. The summed E-state index contributed by atoms with van der Waals surface area (Å²) in [6.07, 6.45) is 6.58. The van der Waals surface area contributed by atoms with E-state index in [2.05, 4.69) is 23.1 Å². The first kappa shape index (κ1) is 60.4. The number of cyclic esters (lactones) is 1. The van der Waals surface area contributed by atoms with Gasteiger partial charge in [-0.05, 0) is 31.2 Å². The van der Waals surface area contributed by atoms with Crippen LogP contribution < -0.4 is 11.4 Å². The van der Waals surface area contributed by atoms with Gasteiger partial charge in [-0.2, -0.15) is 9.29 Å². The lowest BCUT2D eigenvalue weighted by Crippen LogP contribution is -2.52. The Bertz CT molecular complexity index is 1890. The largest absolute Gasteiger partial charge is 0.481 e. The lowest BCUT2D eigenvalue weighted by Gasteiger charge is -2.40. The molecule has 2 unspecified atom stereocenters. The molecule has 1 saturated heterocycles. The van der Waals surface area contributed by atoms with E-state index in [0.717, 1.165) is 55.2 Å². The fourth-order valence-electron chi connectivity index (χ4n) is 8.11. The fourth-order valence-corrected chi connectivity index (χ4v) is 10.2. The standard InChI is InChI=1S/C46H79N3O18P2/c1-4-5-14-20-33(50)24-25-35-37(51)28-38(52)36-21-17-18-23-42(54)65-34(29-62-41(53)22-16-13-11-9-7-6-8-10-12-15-19-32(2)3)30-63-68(58,59)67-69(60,61)64-31-39(44(56)43(35)55)66-45(36)49-27-26-40(47)48-46(49)57/h17-18,24-27,32-39,43-45,50-52,55-56H,4-16,19-23,28-31H2,1-3H3,(H,58,59)(H,60,61)(H2,47,48,57)/b18-17-,25-24?/t33-,34-,35+,36-,37-,38+,39-,43+,44-,45-/m1/s1. The third-order valence-corrected chi connectivity index (χ3v) is 14.6. The molecule has 12 atom stereocenters. The summed E-state index contributed by atoms with van der Waals surface area (Å²) in [5, 5.41) is 57.2. The second-order valence-electron chi connectivity index (χ2n) is 18.4. The van der Waals surface area contributed by atoms with Crippen LogP contribution in [0.1, 0.15) is 149 Å². The van der Waals surface area contributed by atoms with Crippen molar-refractivity contribution >= 4 is 33.4 Å². The van der Waals surface area contributed by atoms with E-state index >= 15 is 0 Å². The number of fused-ring (bicyclic) bond motifs is 3. The molecular weight excluding hydrogens is 944 g/mol. The van der Waals surface area contributed by atoms with Crippen LogP contribution in [0.15, 0.2) is 41.4 Å². The number of aliphatic hydroxyl groups excluding tert-OH is 5. The Morgan fingerprint density at radius 3 is 2.14 bits per heavy atom. The molecule has 0 aliphatic carbocycles. The number of esters is 2. The Morgan fingerprint density at radius 2 is 1.51 bits per heavy atom. The number of phosphoric ester groups is 2. The van der Waals surface area contributed by atoms with E-state index in [0.29, 0.717) is 19.3 Å². The van der Waals surface area contributed by atoms with E-state index < -0.39 is 127 Å². The molecule has 0 radical (unpaired) electrons. The van der Waals surface area contributed by atoms with Crippen molar-refractivity contribution in [1.29, 1.82) is 0 Å². The third-order valence-electron chi connectivity index (χ3n) is 12.0. The molecular formula is C46H79N3O18P2. The Kier molecular flexibility index (Phi) is 27.6. The van der Waals surface area contributed by atoms with Crippen LogP contribution in [0, 0.1) is 17.8 Å². The molecule has 69 heavy (non-hydrogen) atoms. The summed E-state index contributed by atoms with van der Waals surface area (Å²) in [4.78, 5) is 64.0. The van der Waals surface area contributed by atoms with Gasteiger partial charge in [-0.15, -0.1) is 0 Å². The third kappa shape index (κ3) is 23.5. The number of rotatable bonds is 22. The molecule has 0 amide bonds. The molecule has 1 aromatic heterocycles. The molecule has 2 aliphatic rings. The molecule has 0 spiro atoms. The molecule has 21 nitrogen and oxygen atoms in total. The van der Waals surface area contributed by atoms with Crippen LogP contribution in [0.5, 0.6) is 0 Å². The van der Waals surface area contributed by atoms with Crippen molar-refractivity contribution < 1.29 is 81.6 Å². The molecule has 3 rings (SSSR count). The number of nitrogen functional groups attached to an aromatic ring is 1. The highest BCUT2D eigenvalue weighted by molar-refractivity contribution is 7.61. The topological polar surface area (TPSA) is 326 Å². The highest BCUT2D eigenvalue weighted by Gasteiger charge is 2.45. The summed E-state index contributed by atoms with van der Waals surface area (Å²) in [7, 11) is -11.3. The molecule has 0 aromatic carbocycles. The maximum Gasteiger partial charge on any atom is 0.481 e. The number of carbonyl (C=O) groups excluding carboxylic acids is 2. The predicted octanol–water partition coefficient (Wildman–Crippen LogP) is 5.68. The van der Waals surface area contributed by atoms with Gasteiger partial charge >= 0.3 is 33.3 Å². The van der Waals surface area contributed by atoms with Gasteiger partial charge in [0.2, 0.25) is 0 Å². The molecule has 3 heterocycles. The first-order chi connectivity index (χ1) is 32.7. The van der Waals surface area contributed by atoms with Crippen LogP contribution in [-0.4, -0.2) is 119 Å². The Labute approximate surface area is 405 Å². The Hall–Kier alpha value is -2.88. The maximum absolute atomic E-state index is 13.3. The van der Waals surface area contributed by atoms with Gasteiger partial charge < -0.3 is 55.3 Å². The van der Waals surface area contributed by atoms with E-state index in [4.69, 9.17) is 29.0 Å². The van der Waals surface area contributed by atoms with Gasteiger partial charge in [0, 0.05) is 30.9 Å². The van der Waals surface area contributed by atoms with Crippen molar-refractivity contribution in [3.05, 3.63) is 47.1 Å². The Balaban J connectivity index is 1.83. The van der Waals surface area contributed by atoms with Crippen LogP contribution in [0.25, 0.3) is 0 Å². The van der Waals surface area contributed by atoms with Gasteiger partial charge in [0.25, 0.3) is 0 Å². The molecule has 23 heteroatoms. The van der Waals surface area contributed by atoms with Crippen molar-refractivity contribution in [2.45, 2.75) is 192 Å². The second-order valence-corrected chi connectivity index (χ2v) is 21.5. The van der Waals surface area contributed by atoms with E-state index in [9.17, 15) is 58.8 Å². The number of carbonyl (C=O) groups is 2. The number of anilines is 1. The average Bonchev–Trinajstić information content (AvgIpc) is 3.27. The van der Waals surface area contributed by atoms with Crippen LogP contribution >= 0.6 is 15.6 Å². The molecule has 0 saturated carbocycles. The highest BCUT2D eigenvalue weighted by Crippen LogP contribution is 2.60. The average molecular weight is 1020 g/mol. The number of nitrogens with zero attached hydrogens (tertiary/aromatic N) is 2. The highest BCUT2D eigenvalue weighted by atomic mass is 31.3. The molecule has 9 N–H and O–H groups in total. The van der Waals surface area contributed by atoms with E-state index in [-0.39, 0.29) is 18.7 Å². The smallest absolute Gasteiger partial charge is 0.462 e. The van der Waals surface area contributed by atoms with Crippen molar-refractivity contribution in [2.75, 3.05) is 25.6 Å². The lowest BCUT2D eigenvalue weighted by atomic mass is 9.82. The predicted molar refractivity (Wildman–Crippen MR) is 254 cm³/mol. The quantitative estimate of drug-likeness (QED) is 0.0300. The van der Waals surface area contributed by atoms with E-state index in [1.54, 1.807) is 0 Å². The zero-order valence-electron chi connectivity index (χ0n) is 40.4. The van der Waals surface area contributed by atoms with Gasteiger partial charge in [-0.25, -0.2) is 13.9 Å². The Morgan fingerprint density at radius 1 is 0.884 bits per heavy atom. The van der Waals surface area contributed by atoms with Crippen molar-refractivity contribution in [2.24, 2.45) is 17.8 Å². The molecule has 2 aliphatic heterocycles. The number of phosphoric acid groups is 2. The summed E-state index contributed by atoms with van der Waals surface area (Å²) < 4.78 is 58.5. The van der Waals surface area contributed by atoms with Crippen LogP contribution in [0.2, 0.25) is 0 Å². The number of aliphatic hydroxyl groups is 5. The molecule has 2 bridgehead atoms. The normalized spacial score (nSPS) is 31.2. The van der Waals surface area contributed by atoms with Gasteiger partial charge in [0.1, 0.15) is 30.9 Å². The maximum atomic E-state index is 13.3.